The Bertz CT molecular complexity index is 844. The third-order valence-corrected chi connectivity index (χ3v) is 5.34. The van der Waals surface area contributed by atoms with Crippen molar-refractivity contribution in [3.05, 3.63) is 48.0 Å². The fourth-order valence-electron chi connectivity index (χ4n) is 4.21. The van der Waals surface area contributed by atoms with Crippen LogP contribution in [0.1, 0.15) is 26.3 Å². The maximum absolute atomic E-state index is 13.1. The highest BCUT2D eigenvalue weighted by atomic mass is 16.6. The van der Waals surface area contributed by atoms with Crippen LogP contribution >= 0.6 is 0 Å². The van der Waals surface area contributed by atoms with Gasteiger partial charge in [-0.3, -0.25) is 14.5 Å². The minimum absolute atomic E-state index is 0.0777. The lowest BCUT2D eigenvalue weighted by Crippen LogP contribution is -2.49. The smallest absolute Gasteiger partial charge is 0.407 e. The Morgan fingerprint density at radius 2 is 1.93 bits per heavy atom. The molecule has 7 nitrogen and oxygen atoms in total. The fraction of sp³-hybridized carbons (Fsp3) is 0.476. The average molecular weight is 384 g/mol. The van der Waals surface area contributed by atoms with Gasteiger partial charge in [0.15, 0.2) is 0 Å². The molecular formula is C21H24N2O5. The van der Waals surface area contributed by atoms with Crippen molar-refractivity contribution in [3.63, 3.8) is 0 Å². The van der Waals surface area contributed by atoms with Gasteiger partial charge in [0.25, 0.3) is 0 Å². The zero-order valence-corrected chi connectivity index (χ0v) is 16.2. The molecule has 0 aliphatic carbocycles. The lowest BCUT2D eigenvalue weighted by atomic mass is 9.77. The zero-order valence-electron chi connectivity index (χ0n) is 16.2. The summed E-state index contributed by atoms with van der Waals surface area (Å²) in [6.07, 6.45) is 2.59. The molecule has 1 aromatic rings. The number of nitrogens with zero attached hydrogens (tertiary/aromatic N) is 1. The van der Waals surface area contributed by atoms with Gasteiger partial charge in [-0.05, 0) is 26.3 Å². The van der Waals surface area contributed by atoms with Crippen LogP contribution < -0.4 is 5.32 Å². The Morgan fingerprint density at radius 3 is 2.61 bits per heavy atom. The van der Waals surface area contributed by atoms with E-state index in [1.54, 1.807) is 26.8 Å². The Morgan fingerprint density at radius 1 is 1.21 bits per heavy atom. The van der Waals surface area contributed by atoms with Gasteiger partial charge in [0, 0.05) is 0 Å². The van der Waals surface area contributed by atoms with Crippen LogP contribution in [-0.2, 0) is 25.6 Å². The summed E-state index contributed by atoms with van der Waals surface area (Å²) in [6.45, 7) is 5.65. The topological polar surface area (TPSA) is 84.9 Å². The van der Waals surface area contributed by atoms with Crippen LogP contribution in [0.2, 0.25) is 0 Å². The zero-order chi connectivity index (χ0) is 20.1. The maximum Gasteiger partial charge on any atom is 0.407 e. The van der Waals surface area contributed by atoms with Crippen LogP contribution in [0, 0.1) is 11.8 Å². The van der Waals surface area contributed by atoms with Crippen LogP contribution in [0.15, 0.2) is 42.5 Å². The van der Waals surface area contributed by atoms with Crippen molar-refractivity contribution >= 4 is 17.9 Å². The monoisotopic (exact) mass is 384 g/mol. The van der Waals surface area contributed by atoms with Gasteiger partial charge in [0.2, 0.25) is 11.8 Å². The van der Waals surface area contributed by atoms with Crippen LogP contribution in [-0.4, -0.2) is 46.7 Å². The predicted octanol–water partition coefficient (Wildman–Crippen LogP) is 2.02. The van der Waals surface area contributed by atoms with Crippen LogP contribution in [0.5, 0.6) is 0 Å². The van der Waals surface area contributed by atoms with Crippen molar-refractivity contribution in [2.45, 2.75) is 44.6 Å². The molecule has 3 aliphatic rings. The quantitative estimate of drug-likeness (QED) is 0.634. The van der Waals surface area contributed by atoms with Crippen molar-refractivity contribution in [1.82, 2.24) is 10.2 Å². The van der Waals surface area contributed by atoms with Crippen LogP contribution in [0.4, 0.5) is 4.79 Å². The molecule has 7 heteroatoms. The number of hydrogen-bond acceptors (Lipinski definition) is 5. The highest BCUT2D eigenvalue weighted by molar-refractivity contribution is 6.07. The lowest BCUT2D eigenvalue weighted by molar-refractivity contribution is -0.144. The number of benzene rings is 1. The molecule has 2 bridgehead atoms. The van der Waals surface area contributed by atoms with Gasteiger partial charge >= 0.3 is 6.09 Å². The summed E-state index contributed by atoms with van der Waals surface area (Å²) < 4.78 is 11.3. The highest BCUT2D eigenvalue weighted by Crippen LogP contribution is 2.51. The van der Waals surface area contributed by atoms with Crippen molar-refractivity contribution in [2.24, 2.45) is 11.8 Å². The Balaban J connectivity index is 1.51. The summed E-state index contributed by atoms with van der Waals surface area (Å²) in [7, 11) is 0. The number of rotatable bonds is 4. The van der Waals surface area contributed by atoms with E-state index in [1.165, 1.54) is 4.90 Å². The predicted molar refractivity (Wildman–Crippen MR) is 100.0 cm³/mol. The Hall–Kier alpha value is -2.67. The SMILES string of the molecule is CC(C)(C)OC(=O)NC[C@]12C=C[C@H](O1)[C@@H]1C(=O)N(Cc3ccccc3)C(=O)[C@@H]12. The summed E-state index contributed by atoms with van der Waals surface area (Å²) >= 11 is 0. The van der Waals surface area contributed by atoms with Gasteiger partial charge in [-0.1, -0.05) is 42.5 Å². The molecule has 3 aliphatic heterocycles. The summed E-state index contributed by atoms with van der Waals surface area (Å²) in [5.41, 5.74) is -0.739. The van der Waals surface area contributed by atoms with E-state index in [2.05, 4.69) is 5.32 Å². The van der Waals surface area contributed by atoms with Crippen molar-refractivity contribution < 1.29 is 23.9 Å². The third kappa shape index (κ3) is 3.09. The largest absolute Gasteiger partial charge is 0.444 e. The Labute approximate surface area is 163 Å². The standard InChI is InChI=1S/C21H24N2O5/c1-20(2,3)28-19(26)22-12-21-10-9-14(27-21)15-16(21)18(25)23(17(15)24)11-13-7-5-4-6-8-13/h4-10,14-16H,11-12H2,1-3H3,(H,22,26)/t14-,15-,16+,21-/m0/s1. The van der Waals surface area contributed by atoms with Crippen molar-refractivity contribution in [2.75, 3.05) is 6.54 Å². The van der Waals surface area contributed by atoms with Gasteiger partial charge in [-0.2, -0.15) is 0 Å². The molecule has 0 saturated carbocycles. The van der Waals surface area contributed by atoms with E-state index in [9.17, 15) is 14.4 Å². The fourth-order valence-corrected chi connectivity index (χ4v) is 4.21. The number of imide groups is 1. The van der Waals surface area contributed by atoms with E-state index >= 15 is 0 Å². The molecule has 3 heterocycles. The van der Waals surface area contributed by atoms with Gasteiger partial charge in [0.1, 0.15) is 11.2 Å². The minimum atomic E-state index is -1.01. The molecule has 3 amide bonds. The number of fused-ring (bicyclic) bond motifs is 5. The van der Waals surface area contributed by atoms with E-state index < -0.39 is 35.2 Å². The van der Waals surface area contributed by atoms with Gasteiger partial charge < -0.3 is 14.8 Å². The number of carbonyl (C=O) groups excluding carboxylic acids is 3. The van der Waals surface area contributed by atoms with Gasteiger partial charge in [-0.25, -0.2) is 4.79 Å². The molecule has 4 atom stereocenters. The van der Waals surface area contributed by atoms with Crippen LogP contribution in [0.3, 0.4) is 0 Å². The normalized spacial score (nSPS) is 30.7. The third-order valence-electron chi connectivity index (χ3n) is 5.34. The van der Waals surface area contributed by atoms with E-state index in [0.29, 0.717) is 0 Å². The van der Waals surface area contributed by atoms with Gasteiger partial charge in [0.05, 0.1) is 31.0 Å². The number of amides is 3. The van der Waals surface area contributed by atoms with E-state index in [4.69, 9.17) is 9.47 Å². The van der Waals surface area contributed by atoms with E-state index in [1.807, 2.05) is 36.4 Å². The maximum atomic E-state index is 13.1. The molecule has 0 unspecified atom stereocenters. The summed E-state index contributed by atoms with van der Waals surface area (Å²) in [4.78, 5) is 39.4. The number of nitrogens with one attached hydrogen (secondary N) is 1. The summed E-state index contributed by atoms with van der Waals surface area (Å²) in [5, 5.41) is 2.69. The molecule has 0 radical (unpaired) electrons. The number of alkyl carbamates (subject to hydrolysis) is 1. The Kier molecular flexibility index (Phi) is 4.30. The molecule has 2 fully saturated rings. The van der Waals surface area contributed by atoms with E-state index in [-0.39, 0.29) is 24.9 Å². The molecular weight excluding hydrogens is 360 g/mol. The molecule has 0 spiro atoms. The second-order valence-electron chi connectivity index (χ2n) is 8.50. The minimum Gasteiger partial charge on any atom is -0.444 e. The molecule has 0 aromatic heterocycles. The molecule has 1 N–H and O–H groups in total. The second-order valence-corrected chi connectivity index (χ2v) is 8.50. The van der Waals surface area contributed by atoms with E-state index in [0.717, 1.165) is 5.56 Å². The number of hydrogen-bond donors (Lipinski definition) is 1. The highest BCUT2D eigenvalue weighted by Gasteiger charge is 2.67. The first-order chi connectivity index (χ1) is 13.2. The summed E-state index contributed by atoms with van der Waals surface area (Å²) in [6, 6.07) is 9.42. The second kappa shape index (κ2) is 6.44. The number of likely N-dealkylation sites (tertiary alicyclic amines) is 1. The first kappa shape index (κ1) is 18.7. The van der Waals surface area contributed by atoms with Crippen LogP contribution in [0.25, 0.3) is 0 Å². The van der Waals surface area contributed by atoms with Crippen molar-refractivity contribution in [3.8, 4) is 0 Å². The first-order valence-electron chi connectivity index (χ1n) is 9.43. The number of ether oxygens (including phenoxy) is 2. The van der Waals surface area contributed by atoms with Gasteiger partial charge in [-0.15, -0.1) is 0 Å². The molecule has 28 heavy (non-hydrogen) atoms. The molecule has 148 valence electrons. The summed E-state index contributed by atoms with van der Waals surface area (Å²) in [5.74, 6) is -1.64. The average Bonchev–Trinajstić information content (AvgIpc) is 3.26. The molecule has 2 saturated heterocycles. The first-order valence-corrected chi connectivity index (χ1v) is 9.43. The van der Waals surface area contributed by atoms with Crippen molar-refractivity contribution in [1.29, 1.82) is 0 Å². The number of carbonyl (C=O) groups is 3. The molecule has 1 aromatic carbocycles. The lowest BCUT2D eigenvalue weighted by Gasteiger charge is -2.29. The molecule has 4 rings (SSSR count).